The fraction of sp³-hybridized carbons (Fsp3) is 0.0800. The van der Waals surface area contributed by atoms with E-state index in [0.29, 0.717) is 27.7 Å². The number of aromatic nitrogens is 1. The van der Waals surface area contributed by atoms with E-state index in [9.17, 15) is 14.7 Å². The highest BCUT2D eigenvalue weighted by atomic mass is 16.3. The second kappa shape index (κ2) is 7.70. The highest BCUT2D eigenvalue weighted by molar-refractivity contribution is 6.16. The summed E-state index contributed by atoms with van der Waals surface area (Å²) < 4.78 is 0. The molecule has 158 valence electrons. The number of nitrogens with zero attached hydrogens (tertiary/aromatic N) is 1. The first kappa shape index (κ1) is 19.6. The molecule has 2 atom stereocenters. The van der Waals surface area contributed by atoms with E-state index in [1.807, 2.05) is 42.5 Å². The van der Waals surface area contributed by atoms with Gasteiger partial charge in [-0.25, -0.2) is 0 Å². The van der Waals surface area contributed by atoms with Gasteiger partial charge in [0.1, 0.15) is 0 Å². The summed E-state index contributed by atoms with van der Waals surface area (Å²) in [6.07, 6.45) is 0. The number of benzene rings is 3. The minimum Gasteiger partial charge on any atom is -0.494 e. The van der Waals surface area contributed by atoms with Gasteiger partial charge in [-0.2, -0.15) is 10.1 Å². The van der Waals surface area contributed by atoms with Gasteiger partial charge in [0.2, 0.25) is 0 Å². The minimum atomic E-state index is -1.03. The van der Waals surface area contributed by atoms with Crippen LogP contribution in [0.15, 0.2) is 84.9 Å². The number of Topliss-reactive ketones (excluding diaryl/α,β-unsaturated/α-hetero) is 1. The number of carbonyl (C=O) groups excluding carboxylic acids is 2. The Morgan fingerprint density at radius 2 is 1.59 bits per heavy atom. The molecule has 4 aromatic rings. The van der Waals surface area contributed by atoms with E-state index in [4.69, 9.17) is 5.73 Å². The van der Waals surface area contributed by atoms with E-state index in [-0.39, 0.29) is 23.4 Å². The Balaban J connectivity index is 1.67. The van der Waals surface area contributed by atoms with Gasteiger partial charge in [0.15, 0.2) is 17.6 Å². The third-order valence-electron chi connectivity index (χ3n) is 5.79. The van der Waals surface area contributed by atoms with Gasteiger partial charge >= 0.3 is 0 Å². The average molecular weight is 425 g/mol. The van der Waals surface area contributed by atoms with Crippen LogP contribution in [0, 0.1) is 5.92 Å². The maximum Gasteiger partial charge on any atom is 0.278 e. The molecule has 0 saturated heterocycles. The van der Waals surface area contributed by atoms with E-state index in [1.165, 1.54) is 5.01 Å². The lowest BCUT2D eigenvalue weighted by Gasteiger charge is -2.20. The highest BCUT2D eigenvalue weighted by Crippen LogP contribution is 2.40. The maximum absolute atomic E-state index is 13.8. The van der Waals surface area contributed by atoms with Crippen LogP contribution in [-0.2, 0) is 4.79 Å². The Kier molecular flexibility index (Phi) is 4.71. The molecule has 0 spiro atoms. The van der Waals surface area contributed by atoms with Gasteiger partial charge in [-0.3, -0.25) is 15.3 Å². The maximum atomic E-state index is 13.8. The number of aromatic hydroxyl groups is 1. The average Bonchev–Trinajstić information content (AvgIpc) is 3.31. The standard InChI is InChI=1S/C25H20N4O3/c26-23-21(25(32)29(28-23)16-11-5-2-6-12-16)20(22(30)15-9-3-1-4-10-15)19-17-13-7-8-14-18(17)27-24(19)31/h1-14,20-21,27,31H,(H2,26,28)/p+1. The van der Waals surface area contributed by atoms with Crippen molar-refractivity contribution in [3.8, 4) is 5.88 Å². The molecule has 0 saturated carbocycles. The van der Waals surface area contributed by atoms with Crippen molar-refractivity contribution in [2.45, 2.75) is 5.92 Å². The molecular formula is C25H21N4O3+. The Bertz CT molecular complexity index is 1350. The van der Waals surface area contributed by atoms with E-state index in [0.717, 1.165) is 0 Å². The predicted octanol–water partition coefficient (Wildman–Crippen LogP) is 1.86. The summed E-state index contributed by atoms with van der Waals surface area (Å²) in [5.41, 5.74) is 8.38. The molecule has 1 aromatic heterocycles. The van der Waals surface area contributed by atoms with Crippen LogP contribution in [0.3, 0.4) is 0 Å². The monoisotopic (exact) mass is 425 g/mol. The van der Waals surface area contributed by atoms with Crippen LogP contribution >= 0.6 is 0 Å². The number of H-pyrrole nitrogens is 1. The normalized spacial score (nSPS) is 16.9. The molecule has 5 N–H and O–H groups in total. The second-order valence-corrected chi connectivity index (χ2v) is 7.69. The summed E-state index contributed by atoms with van der Waals surface area (Å²) in [5, 5.41) is 15.7. The molecule has 0 bridgehead atoms. The molecule has 0 radical (unpaired) electrons. The summed E-state index contributed by atoms with van der Waals surface area (Å²) in [7, 11) is 0. The van der Waals surface area contributed by atoms with Crippen molar-refractivity contribution in [1.82, 2.24) is 4.98 Å². The molecule has 7 heteroatoms. The predicted molar refractivity (Wildman–Crippen MR) is 121 cm³/mol. The number of hydrazone groups is 1. The van der Waals surface area contributed by atoms with Crippen LogP contribution in [0.4, 0.5) is 5.69 Å². The van der Waals surface area contributed by atoms with E-state index >= 15 is 0 Å². The lowest BCUT2D eigenvalue weighted by molar-refractivity contribution is -0.456. The number of hydrazine groups is 1. The third-order valence-corrected chi connectivity index (χ3v) is 5.79. The summed E-state index contributed by atoms with van der Waals surface area (Å²) in [6.45, 7) is 0. The number of amides is 1. The quantitative estimate of drug-likeness (QED) is 0.366. The summed E-state index contributed by atoms with van der Waals surface area (Å²) in [4.78, 5) is 30.2. The van der Waals surface area contributed by atoms with E-state index in [2.05, 4.69) is 10.1 Å². The van der Waals surface area contributed by atoms with Crippen LogP contribution in [-0.4, -0.2) is 27.6 Å². The van der Waals surface area contributed by atoms with Crippen LogP contribution in [0.25, 0.3) is 10.9 Å². The highest BCUT2D eigenvalue weighted by Gasteiger charge is 2.50. The number of rotatable bonds is 5. The van der Waals surface area contributed by atoms with Gasteiger partial charge in [-0.1, -0.05) is 66.7 Å². The number of aromatic amines is 1. The van der Waals surface area contributed by atoms with E-state index in [1.54, 1.807) is 42.5 Å². The van der Waals surface area contributed by atoms with Crippen molar-refractivity contribution in [3.63, 3.8) is 0 Å². The number of hydrogen-bond donors (Lipinski definition) is 4. The zero-order chi connectivity index (χ0) is 22.2. The largest absolute Gasteiger partial charge is 0.494 e. The number of hydrogen-bond acceptors (Lipinski definition) is 4. The number of nitrogens with two attached hydrogens (primary N) is 1. The number of carbonyl (C=O) groups is 2. The topological polar surface area (TPSA) is 113 Å². The molecule has 3 aromatic carbocycles. The lowest BCUT2D eigenvalue weighted by Crippen LogP contribution is -2.83. The molecule has 1 aliphatic heterocycles. The van der Waals surface area contributed by atoms with Crippen molar-refractivity contribution >= 4 is 34.1 Å². The molecule has 5 rings (SSSR count). The molecule has 1 amide bonds. The van der Waals surface area contributed by atoms with Gasteiger partial charge in [0, 0.05) is 22.0 Å². The first-order valence-electron chi connectivity index (χ1n) is 10.2. The zero-order valence-corrected chi connectivity index (χ0v) is 17.0. The number of para-hydroxylation sites is 2. The SMILES string of the molecule is NC1=[NH+]N(c2ccccc2)C(=O)C1C(C(=O)c1ccccc1)c1c(O)[nH]c2ccccc12. The van der Waals surface area contributed by atoms with Gasteiger partial charge in [-0.05, 0) is 18.2 Å². The molecule has 0 aliphatic carbocycles. The summed E-state index contributed by atoms with van der Waals surface area (Å²) in [5.74, 6) is -2.70. The van der Waals surface area contributed by atoms with Crippen molar-refractivity contribution in [1.29, 1.82) is 0 Å². The van der Waals surface area contributed by atoms with Crippen LogP contribution in [0.1, 0.15) is 21.8 Å². The molecule has 1 aliphatic rings. The van der Waals surface area contributed by atoms with E-state index < -0.39 is 11.8 Å². The van der Waals surface area contributed by atoms with Crippen molar-refractivity contribution in [2.75, 3.05) is 5.01 Å². The Morgan fingerprint density at radius 1 is 0.969 bits per heavy atom. The molecule has 2 heterocycles. The van der Waals surface area contributed by atoms with Gasteiger partial charge < -0.3 is 10.1 Å². The molecule has 0 fully saturated rings. The van der Waals surface area contributed by atoms with Gasteiger partial charge in [-0.15, -0.1) is 0 Å². The second-order valence-electron chi connectivity index (χ2n) is 7.69. The molecular weight excluding hydrogens is 404 g/mol. The molecule has 7 nitrogen and oxygen atoms in total. The fourth-order valence-corrected chi connectivity index (χ4v) is 4.31. The lowest BCUT2D eigenvalue weighted by atomic mass is 9.79. The molecule has 32 heavy (non-hydrogen) atoms. The first-order valence-corrected chi connectivity index (χ1v) is 10.2. The smallest absolute Gasteiger partial charge is 0.278 e. The summed E-state index contributed by atoms with van der Waals surface area (Å²) >= 11 is 0. The number of nitrogens with one attached hydrogen (secondary N) is 2. The Labute approximate surface area is 183 Å². The minimum absolute atomic E-state index is 0.151. The van der Waals surface area contributed by atoms with Gasteiger partial charge in [0.05, 0.1) is 11.6 Å². The van der Waals surface area contributed by atoms with Gasteiger partial charge in [0.25, 0.3) is 11.7 Å². The van der Waals surface area contributed by atoms with Crippen LogP contribution < -0.4 is 15.8 Å². The van der Waals surface area contributed by atoms with Crippen molar-refractivity contribution in [3.05, 3.63) is 96.1 Å². The number of anilines is 1. The van der Waals surface area contributed by atoms with Crippen molar-refractivity contribution in [2.24, 2.45) is 11.7 Å². The Hall–Kier alpha value is -4.39. The zero-order valence-electron chi connectivity index (χ0n) is 17.0. The molecule has 2 unspecified atom stereocenters. The third kappa shape index (κ3) is 3.11. The fourth-order valence-electron chi connectivity index (χ4n) is 4.31. The first-order chi connectivity index (χ1) is 15.6. The van der Waals surface area contributed by atoms with Crippen molar-refractivity contribution < 1.29 is 19.8 Å². The Morgan fingerprint density at radius 3 is 2.31 bits per heavy atom. The number of amidine groups is 1. The summed E-state index contributed by atoms with van der Waals surface area (Å²) in [6, 6.07) is 25.0. The number of ketones is 1. The van der Waals surface area contributed by atoms with Crippen LogP contribution in [0.5, 0.6) is 5.88 Å². The number of fused-ring (bicyclic) bond motifs is 1. The van der Waals surface area contributed by atoms with Crippen LogP contribution in [0.2, 0.25) is 0 Å².